The molecular formula is C13H15FN2O. The number of nitrogens with zero attached hydrogens (tertiary/aromatic N) is 1. The SMILES string of the molecule is O=C1Cc2ccc(F)cc2N1CC1CCCN1. The number of carbonyl (C=O) groups excluding carboxylic acids is 1. The van der Waals surface area contributed by atoms with Gasteiger partial charge in [-0.3, -0.25) is 4.79 Å². The summed E-state index contributed by atoms with van der Waals surface area (Å²) in [7, 11) is 0. The Balaban J connectivity index is 1.85. The molecule has 4 heteroatoms. The molecule has 3 rings (SSSR count). The molecule has 0 aromatic heterocycles. The van der Waals surface area contributed by atoms with Gasteiger partial charge >= 0.3 is 0 Å². The molecule has 1 N–H and O–H groups in total. The van der Waals surface area contributed by atoms with Gasteiger partial charge in [-0.25, -0.2) is 4.39 Å². The fourth-order valence-corrected chi connectivity index (χ4v) is 2.66. The van der Waals surface area contributed by atoms with E-state index in [2.05, 4.69) is 5.32 Å². The van der Waals surface area contributed by atoms with E-state index in [4.69, 9.17) is 0 Å². The minimum Gasteiger partial charge on any atom is -0.312 e. The summed E-state index contributed by atoms with van der Waals surface area (Å²) in [4.78, 5) is 13.6. The average Bonchev–Trinajstić information content (AvgIpc) is 2.90. The van der Waals surface area contributed by atoms with Gasteiger partial charge in [0.2, 0.25) is 5.91 Å². The van der Waals surface area contributed by atoms with Gasteiger partial charge in [0.1, 0.15) is 5.82 Å². The predicted molar refractivity (Wildman–Crippen MR) is 63.5 cm³/mol. The normalized spacial score (nSPS) is 23.2. The number of hydrogen-bond donors (Lipinski definition) is 1. The van der Waals surface area contributed by atoms with E-state index in [-0.39, 0.29) is 11.7 Å². The van der Waals surface area contributed by atoms with Crippen LogP contribution >= 0.6 is 0 Å². The Morgan fingerprint density at radius 1 is 1.47 bits per heavy atom. The number of anilines is 1. The first kappa shape index (κ1) is 10.7. The predicted octanol–water partition coefficient (Wildman–Crippen LogP) is 1.47. The van der Waals surface area contributed by atoms with Crippen LogP contribution in [0.25, 0.3) is 0 Å². The zero-order valence-corrected chi connectivity index (χ0v) is 9.58. The highest BCUT2D eigenvalue weighted by Crippen LogP contribution is 2.30. The van der Waals surface area contributed by atoms with Crippen LogP contribution in [0.4, 0.5) is 10.1 Å². The summed E-state index contributed by atoms with van der Waals surface area (Å²) in [6, 6.07) is 4.96. The van der Waals surface area contributed by atoms with Gasteiger partial charge in [-0.05, 0) is 37.1 Å². The molecule has 2 aliphatic rings. The van der Waals surface area contributed by atoms with Crippen LogP contribution in [-0.2, 0) is 11.2 Å². The third-order valence-electron chi connectivity index (χ3n) is 3.55. The topological polar surface area (TPSA) is 32.3 Å². The second-order valence-corrected chi connectivity index (χ2v) is 4.75. The first-order valence-electron chi connectivity index (χ1n) is 6.06. The lowest BCUT2D eigenvalue weighted by Gasteiger charge is -2.21. The molecule has 17 heavy (non-hydrogen) atoms. The van der Waals surface area contributed by atoms with E-state index in [1.54, 1.807) is 11.0 Å². The van der Waals surface area contributed by atoms with Gasteiger partial charge in [0, 0.05) is 12.6 Å². The van der Waals surface area contributed by atoms with Gasteiger partial charge in [0.05, 0.1) is 12.1 Å². The van der Waals surface area contributed by atoms with Crippen molar-refractivity contribution in [1.82, 2.24) is 5.32 Å². The number of amides is 1. The molecule has 1 fully saturated rings. The second kappa shape index (κ2) is 4.11. The molecule has 1 amide bonds. The molecule has 0 saturated carbocycles. The van der Waals surface area contributed by atoms with Crippen LogP contribution in [0.5, 0.6) is 0 Å². The Bertz CT molecular complexity index is 455. The van der Waals surface area contributed by atoms with Crippen molar-refractivity contribution < 1.29 is 9.18 Å². The maximum absolute atomic E-state index is 13.2. The van der Waals surface area contributed by atoms with Crippen LogP contribution in [0.2, 0.25) is 0 Å². The van der Waals surface area contributed by atoms with Crippen molar-refractivity contribution in [3.63, 3.8) is 0 Å². The second-order valence-electron chi connectivity index (χ2n) is 4.75. The van der Waals surface area contributed by atoms with E-state index < -0.39 is 0 Å². The van der Waals surface area contributed by atoms with Crippen molar-refractivity contribution >= 4 is 11.6 Å². The molecule has 0 spiro atoms. The molecule has 90 valence electrons. The maximum Gasteiger partial charge on any atom is 0.231 e. The summed E-state index contributed by atoms with van der Waals surface area (Å²) in [6.07, 6.45) is 2.65. The molecule has 0 aliphatic carbocycles. The highest BCUT2D eigenvalue weighted by Gasteiger charge is 2.30. The molecule has 1 unspecified atom stereocenters. The Kier molecular flexibility index (Phi) is 2.59. The summed E-state index contributed by atoms with van der Waals surface area (Å²) in [5, 5.41) is 3.36. The van der Waals surface area contributed by atoms with E-state index in [0.29, 0.717) is 19.0 Å². The van der Waals surface area contributed by atoms with E-state index in [1.165, 1.54) is 12.1 Å². The standard InChI is InChI=1S/C13H15FN2O/c14-10-4-3-9-6-13(17)16(12(9)7-10)8-11-2-1-5-15-11/h3-4,7,11,15H,1-2,5-6,8H2. The highest BCUT2D eigenvalue weighted by atomic mass is 19.1. The van der Waals surface area contributed by atoms with E-state index >= 15 is 0 Å². The van der Waals surface area contributed by atoms with Crippen molar-refractivity contribution in [2.24, 2.45) is 0 Å². The zero-order valence-electron chi connectivity index (χ0n) is 9.58. The molecular weight excluding hydrogens is 219 g/mol. The van der Waals surface area contributed by atoms with Crippen LogP contribution in [0.3, 0.4) is 0 Å². The van der Waals surface area contributed by atoms with Gasteiger partial charge < -0.3 is 10.2 Å². The summed E-state index contributed by atoms with van der Waals surface area (Å²) >= 11 is 0. The van der Waals surface area contributed by atoms with Gasteiger partial charge in [0.25, 0.3) is 0 Å². The highest BCUT2D eigenvalue weighted by molar-refractivity contribution is 6.01. The maximum atomic E-state index is 13.2. The number of nitrogens with one attached hydrogen (secondary N) is 1. The number of carbonyl (C=O) groups is 1. The van der Waals surface area contributed by atoms with Crippen LogP contribution in [-0.4, -0.2) is 25.0 Å². The quantitative estimate of drug-likeness (QED) is 0.840. The molecule has 1 atom stereocenters. The number of rotatable bonds is 2. The summed E-state index contributed by atoms with van der Waals surface area (Å²) < 4.78 is 13.2. The summed E-state index contributed by atoms with van der Waals surface area (Å²) in [5.41, 5.74) is 1.69. The van der Waals surface area contributed by atoms with Gasteiger partial charge in [-0.2, -0.15) is 0 Å². The van der Waals surface area contributed by atoms with Crippen LogP contribution in [0.1, 0.15) is 18.4 Å². The Morgan fingerprint density at radius 2 is 2.35 bits per heavy atom. The fourth-order valence-electron chi connectivity index (χ4n) is 2.66. The van der Waals surface area contributed by atoms with Crippen molar-refractivity contribution in [1.29, 1.82) is 0 Å². The van der Waals surface area contributed by atoms with Crippen molar-refractivity contribution in [3.05, 3.63) is 29.6 Å². The largest absolute Gasteiger partial charge is 0.312 e. The molecule has 2 heterocycles. The minimum absolute atomic E-state index is 0.0827. The van der Waals surface area contributed by atoms with E-state index in [0.717, 1.165) is 30.6 Å². The Morgan fingerprint density at radius 3 is 3.12 bits per heavy atom. The first-order valence-corrected chi connectivity index (χ1v) is 6.06. The van der Waals surface area contributed by atoms with E-state index in [9.17, 15) is 9.18 Å². The number of benzene rings is 1. The van der Waals surface area contributed by atoms with Crippen molar-refractivity contribution in [3.8, 4) is 0 Å². The molecule has 1 saturated heterocycles. The monoisotopic (exact) mass is 234 g/mol. The van der Waals surface area contributed by atoms with Gasteiger partial charge in [-0.1, -0.05) is 6.07 Å². The zero-order chi connectivity index (χ0) is 11.8. The van der Waals surface area contributed by atoms with E-state index in [1.807, 2.05) is 0 Å². The van der Waals surface area contributed by atoms with Crippen molar-refractivity contribution in [2.45, 2.75) is 25.3 Å². The number of fused-ring (bicyclic) bond motifs is 1. The Labute approximate surface area is 99.6 Å². The Hall–Kier alpha value is -1.42. The third-order valence-corrected chi connectivity index (χ3v) is 3.55. The minimum atomic E-state index is -0.275. The number of hydrogen-bond acceptors (Lipinski definition) is 2. The fraction of sp³-hybridized carbons (Fsp3) is 0.462. The summed E-state index contributed by atoms with van der Waals surface area (Å²) in [5.74, 6) is -0.192. The molecule has 2 aliphatic heterocycles. The van der Waals surface area contributed by atoms with Crippen molar-refractivity contribution in [2.75, 3.05) is 18.0 Å². The molecule has 0 bridgehead atoms. The third kappa shape index (κ3) is 1.93. The molecule has 1 aromatic carbocycles. The lowest BCUT2D eigenvalue weighted by atomic mass is 10.1. The summed E-state index contributed by atoms with van der Waals surface area (Å²) in [6.45, 7) is 1.68. The van der Waals surface area contributed by atoms with Gasteiger partial charge in [0.15, 0.2) is 0 Å². The molecule has 1 aromatic rings. The molecule has 0 radical (unpaired) electrons. The molecule has 3 nitrogen and oxygen atoms in total. The van der Waals surface area contributed by atoms with Crippen LogP contribution < -0.4 is 10.2 Å². The average molecular weight is 234 g/mol. The lowest BCUT2D eigenvalue weighted by Crippen LogP contribution is -2.39. The van der Waals surface area contributed by atoms with Gasteiger partial charge in [-0.15, -0.1) is 0 Å². The smallest absolute Gasteiger partial charge is 0.231 e. The van der Waals surface area contributed by atoms with Crippen LogP contribution in [0.15, 0.2) is 18.2 Å². The lowest BCUT2D eigenvalue weighted by molar-refractivity contribution is -0.117. The number of halogens is 1. The van der Waals surface area contributed by atoms with Crippen LogP contribution in [0, 0.1) is 5.82 Å². The first-order chi connectivity index (χ1) is 8.24.